The predicted molar refractivity (Wildman–Crippen MR) is 112 cm³/mol. The molecule has 148 valence electrons. The molecule has 28 heavy (non-hydrogen) atoms. The molecule has 9 heteroatoms. The zero-order valence-corrected chi connectivity index (χ0v) is 17.5. The van der Waals surface area contributed by atoms with Gasteiger partial charge in [0.2, 0.25) is 0 Å². The molecule has 0 radical (unpaired) electrons. The van der Waals surface area contributed by atoms with Crippen LogP contribution >= 0.6 is 23.2 Å². The summed E-state index contributed by atoms with van der Waals surface area (Å²) in [5.74, 6) is 0.363. The molecule has 0 bridgehead atoms. The van der Waals surface area contributed by atoms with Gasteiger partial charge in [-0.2, -0.15) is 0 Å². The van der Waals surface area contributed by atoms with Crippen molar-refractivity contribution in [2.75, 3.05) is 18.8 Å². The second-order valence-corrected chi connectivity index (χ2v) is 9.21. The molecular weight excluding hydrogens is 421 g/mol. The zero-order chi connectivity index (χ0) is 20.3. The number of H-pyrrole nitrogens is 1. The zero-order valence-electron chi connectivity index (χ0n) is 15.2. The van der Waals surface area contributed by atoms with Crippen LogP contribution in [-0.2, 0) is 16.4 Å². The third-order valence-electron chi connectivity index (χ3n) is 4.39. The Morgan fingerprint density at radius 2 is 1.89 bits per heavy atom. The lowest BCUT2D eigenvalue weighted by molar-refractivity contribution is 0.289. The molecule has 0 atom stereocenters. The summed E-state index contributed by atoms with van der Waals surface area (Å²) in [5, 5.41) is 0.980. The minimum Gasteiger partial charge on any atom is -0.309 e. The molecule has 0 aliphatic heterocycles. The van der Waals surface area contributed by atoms with Gasteiger partial charge in [-0.1, -0.05) is 42.3 Å². The number of sulfone groups is 1. The largest absolute Gasteiger partial charge is 0.309 e. The van der Waals surface area contributed by atoms with Crippen molar-refractivity contribution in [2.24, 2.45) is 0 Å². The van der Waals surface area contributed by atoms with Crippen molar-refractivity contribution in [1.29, 1.82) is 0 Å². The van der Waals surface area contributed by atoms with Crippen LogP contribution in [0.1, 0.15) is 12.7 Å². The Morgan fingerprint density at radius 3 is 2.64 bits per heavy atom. The minimum atomic E-state index is -3.60. The predicted octanol–water partition coefficient (Wildman–Crippen LogP) is 3.53. The van der Waals surface area contributed by atoms with Gasteiger partial charge in [-0.05, 0) is 36.9 Å². The number of nitrogens with zero attached hydrogens (tertiary/aromatic N) is 2. The van der Waals surface area contributed by atoms with E-state index in [1.165, 1.54) is 12.1 Å². The van der Waals surface area contributed by atoms with Crippen LogP contribution in [0, 0.1) is 0 Å². The number of para-hydroxylation sites is 1. The van der Waals surface area contributed by atoms with Gasteiger partial charge in [0.1, 0.15) is 5.82 Å². The Labute approximate surface area is 173 Å². The molecule has 0 fully saturated rings. The normalized spacial score (nSPS) is 12.0. The minimum absolute atomic E-state index is 0.0231. The van der Waals surface area contributed by atoms with Crippen LogP contribution in [0.5, 0.6) is 0 Å². The Bertz CT molecular complexity index is 1160. The van der Waals surface area contributed by atoms with Crippen molar-refractivity contribution in [3.8, 4) is 0 Å². The Hall–Kier alpha value is -1.93. The quantitative estimate of drug-likeness (QED) is 0.608. The average Bonchev–Trinajstić information content (AvgIpc) is 2.67. The molecule has 0 saturated carbocycles. The first kappa shape index (κ1) is 20.8. The van der Waals surface area contributed by atoms with Gasteiger partial charge >= 0.3 is 0 Å². The number of hydrogen-bond acceptors (Lipinski definition) is 5. The van der Waals surface area contributed by atoms with Gasteiger partial charge in [-0.15, -0.1) is 0 Å². The number of benzene rings is 2. The molecule has 0 aliphatic carbocycles. The third-order valence-corrected chi connectivity index (χ3v) is 6.79. The van der Waals surface area contributed by atoms with Crippen LogP contribution in [0.25, 0.3) is 10.9 Å². The first-order chi connectivity index (χ1) is 13.3. The summed E-state index contributed by atoms with van der Waals surface area (Å²) in [6.07, 6.45) is 0. The third kappa shape index (κ3) is 4.72. The summed E-state index contributed by atoms with van der Waals surface area (Å²) >= 11 is 11.9. The van der Waals surface area contributed by atoms with E-state index in [0.717, 1.165) is 0 Å². The molecule has 0 saturated heterocycles. The van der Waals surface area contributed by atoms with E-state index in [2.05, 4.69) is 9.97 Å². The lowest BCUT2D eigenvalue weighted by Crippen LogP contribution is -2.30. The smallest absolute Gasteiger partial charge is 0.258 e. The SMILES string of the molecule is CCN(CCS(=O)(=O)c1cc(Cl)ccc1Cl)Cc1nc2ccccc2c(=O)[nH]1. The molecule has 0 amide bonds. The fraction of sp³-hybridized carbons (Fsp3) is 0.263. The monoisotopic (exact) mass is 439 g/mol. The highest BCUT2D eigenvalue weighted by Gasteiger charge is 2.20. The Kier molecular flexibility index (Phi) is 6.40. The molecular formula is C19H19Cl2N3O3S. The summed E-state index contributed by atoms with van der Waals surface area (Å²) in [6, 6.07) is 11.5. The average molecular weight is 440 g/mol. The van der Waals surface area contributed by atoms with E-state index < -0.39 is 9.84 Å². The maximum absolute atomic E-state index is 12.7. The summed E-state index contributed by atoms with van der Waals surface area (Å²) < 4.78 is 25.3. The topological polar surface area (TPSA) is 83.1 Å². The van der Waals surface area contributed by atoms with Gasteiger partial charge in [0, 0.05) is 11.6 Å². The van der Waals surface area contributed by atoms with Gasteiger partial charge in [-0.3, -0.25) is 9.69 Å². The van der Waals surface area contributed by atoms with E-state index >= 15 is 0 Å². The number of aromatic amines is 1. The second kappa shape index (κ2) is 8.61. The van der Waals surface area contributed by atoms with E-state index in [4.69, 9.17) is 23.2 Å². The number of hydrogen-bond donors (Lipinski definition) is 1. The van der Waals surface area contributed by atoms with Crippen LogP contribution < -0.4 is 5.56 Å². The maximum atomic E-state index is 12.7. The lowest BCUT2D eigenvalue weighted by Gasteiger charge is -2.20. The molecule has 0 spiro atoms. The Morgan fingerprint density at radius 1 is 1.14 bits per heavy atom. The Balaban J connectivity index is 1.76. The van der Waals surface area contributed by atoms with Crippen LogP contribution in [0.4, 0.5) is 0 Å². The molecule has 1 heterocycles. The summed E-state index contributed by atoms with van der Waals surface area (Å²) in [5.41, 5.74) is 0.394. The highest BCUT2D eigenvalue weighted by atomic mass is 35.5. The first-order valence-electron chi connectivity index (χ1n) is 8.68. The second-order valence-electron chi connectivity index (χ2n) is 6.29. The lowest BCUT2D eigenvalue weighted by atomic mass is 10.2. The van der Waals surface area contributed by atoms with E-state index in [1.54, 1.807) is 24.3 Å². The molecule has 2 aromatic carbocycles. The van der Waals surface area contributed by atoms with Crippen molar-refractivity contribution < 1.29 is 8.42 Å². The van der Waals surface area contributed by atoms with Crippen molar-refractivity contribution in [1.82, 2.24) is 14.9 Å². The van der Waals surface area contributed by atoms with Gasteiger partial charge in [0.15, 0.2) is 9.84 Å². The number of nitrogens with one attached hydrogen (secondary N) is 1. The molecule has 1 N–H and O–H groups in total. The van der Waals surface area contributed by atoms with Crippen LogP contribution in [0.3, 0.4) is 0 Å². The standard InChI is InChI=1S/C19H19Cl2N3O3S/c1-2-24(9-10-28(26,27)17-11-13(20)7-8-15(17)21)12-18-22-16-6-4-3-5-14(16)19(25)23-18/h3-8,11H,2,9-10,12H2,1H3,(H,22,23,25). The van der Waals surface area contributed by atoms with Crippen molar-refractivity contribution in [3.63, 3.8) is 0 Å². The molecule has 6 nitrogen and oxygen atoms in total. The summed E-state index contributed by atoms with van der Waals surface area (Å²) in [7, 11) is -3.60. The number of rotatable bonds is 7. The summed E-state index contributed by atoms with van der Waals surface area (Å²) in [4.78, 5) is 21.3. The number of fused-ring (bicyclic) bond motifs is 1. The summed E-state index contributed by atoms with van der Waals surface area (Å²) in [6.45, 7) is 3.10. The van der Waals surface area contributed by atoms with Crippen LogP contribution in [0.2, 0.25) is 10.0 Å². The fourth-order valence-electron chi connectivity index (χ4n) is 2.85. The van der Waals surface area contributed by atoms with Crippen LogP contribution in [-0.4, -0.2) is 42.1 Å². The maximum Gasteiger partial charge on any atom is 0.258 e. The van der Waals surface area contributed by atoms with E-state index in [0.29, 0.717) is 34.8 Å². The first-order valence-corrected chi connectivity index (χ1v) is 11.1. The van der Waals surface area contributed by atoms with Gasteiger partial charge in [-0.25, -0.2) is 13.4 Å². The van der Waals surface area contributed by atoms with Gasteiger partial charge in [0.25, 0.3) is 5.56 Å². The van der Waals surface area contributed by atoms with Crippen molar-refractivity contribution in [2.45, 2.75) is 18.4 Å². The number of halogens is 2. The molecule has 1 aromatic heterocycles. The van der Waals surface area contributed by atoms with Gasteiger partial charge < -0.3 is 4.98 Å². The fourth-order valence-corrected chi connectivity index (χ4v) is 4.94. The highest BCUT2D eigenvalue weighted by molar-refractivity contribution is 7.91. The van der Waals surface area contributed by atoms with Crippen LogP contribution in [0.15, 0.2) is 52.2 Å². The van der Waals surface area contributed by atoms with Crippen molar-refractivity contribution in [3.05, 3.63) is 68.7 Å². The molecule has 3 rings (SSSR count). The van der Waals surface area contributed by atoms with E-state index in [9.17, 15) is 13.2 Å². The molecule has 0 unspecified atom stereocenters. The highest BCUT2D eigenvalue weighted by Crippen LogP contribution is 2.26. The number of aromatic nitrogens is 2. The molecule has 3 aromatic rings. The van der Waals surface area contributed by atoms with E-state index in [1.807, 2.05) is 17.9 Å². The van der Waals surface area contributed by atoms with E-state index in [-0.39, 0.29) is 27.8 Å². The van der Waals surface area contributed by atoms with Crippen molar-refractivity contribution >= 4 is 43.9 Å². The van der Waals surface area contributed by atoms with Gasteiger partial charge in [0.05, 0.1) is 33.1 Å². The molecule has 0 aliphatic rings.